The van der Waals surface area contributed by atoms with Crippen molar-refractivity contribution in [1.82, 2.24) is 0 Å². The number of hydrogen-bond donors (Lipinski definition) is 4. The van der Waals surface area contributed by atoms with Gasteiger partial charge in [0.1, 0.15) is 30.3 Å². The zero-order valence-electron chi connectivity index (χ0n) is 11.6. The van der Waals surface area contributed by atoms with Gasteiger partial charge in [0, 0.05) is 0 Å². The van der Waals surface area contributed by atoms with Crippen molar-refractivity contribution in [2.24, 2.45) is 0 Å². The van der Waals surface area contributed by atoms with Crippen LogP contribution in [0, 0.1) is 0 Å². The first-order valence-corrected chi connectivity index (χ1v) is 6.48. The molecule has 0 aromatic heterocycles. The van der Waals surface area contributed by atoms with Gasteiger partial charge in [-0.25, -0.2) is 0 Å². The van der Waals surface area contributed by atoms with E-state index in [1.54, 1.807) is 26.0 Å². The van der Waals surface area contributed by atoms with Gasteiger partial charge < -0.3 is 29.9 Å². The van der Waals surface area contributed by atoms with Gasteiger partial charge >= 0.3 is 0 Å². The molecule has 0 aliphatic rings. The van der Waals surface area contributed by atoms with Crippen LogP contribution in [0.25, 0.3) is 0 Å². The van der Waals surface area contributed by atoms with Gasteiger partial charge in [0.2, 0.25) is 0 Å². The molecule has 0 fully saturated rings. The third kappa shape index (κ3) is 5.34. The van der Waals surface area contributed by atoms with Crippen LogP contribution in [0.3, 0.4) is 0 Å². The molecule has 0 spiro atoms. The number of hydrogen-bond acceptors (Lipinski definition) is 6. The smallest absolute Gasteiger partial charge is 0.119 e. The molecule has 20 heavy (non-hydrogen) atoms. The normalized spacial score (nSPS) is 17.2. The van der Waals surface area contributed by atoms with E-state index in [1.165, 1.54) is 12.1 Å². The number of aliphatic hydroxyl groups excluding tert-OH is 3. The van der Waals surface area contributed by atoms with Crippen LogP contribution in [0.5, 0.6) is 11.5 Å². The molecule has 0 aliphatic carbocycles. The summed E-state index contributed by atoms with van der Waals surface area (Å²) < 4.78 is 10.9. The molecule has 0 amide bonds. The van der Waals surface area contributed by atoms with Crippen molar-refractivity contribution in [3.63, 3.8) is 0 Å². The highest BCUT2D eigenvalue weighted by molar-refractivity contribution is 5.30. The summed E-state index contributed by atoms with van der Waals surface area (Å²) in [6.45, 7) is 2.84. The van der Waals surface area contributed by atoms with Gasteiger partial charge in [-0.1, -0.05) is 0 Å². The van der Waals surface area contributed by atoms with Gasteiger partial charge in [-0.15, -0.1) is 0 Å². The fraction of sp³-hybridized carbons (Fsp3) is 0.571. The molecule has 0 aliphatic heterocycles. The molecule has 6 heteroatoms. The zero-order chi connectivity index (χ0) is 15.1. The average Bonchev–Trinajstić information content (AvgIpc) is 2.43. The number of aliphatic hydroxyl groups is 3. The number of phenols is 1. The predicted octanol–water partition coefficient (Wildman–Crippen LogP) is 0.279. The molecule has 0 saturated heterocycles. The number of ether oxygens (including phenoxy) is 2. The first-order valence-electron chi connectivity index (χ1n) is 6.48. The summed E-state index contributed by atoms with van der Waals surface area (Å²) in [6.07, 6.45) is -3.06. The Bertz CT molecular complexity index is 378. The lowest BCUT2D eigenvalue weighted by Gasteiger charge is -2.26. The van der Waals surface area contributed by atoms with Crippen molar-refractivity contribution in [2.45, 2.75) is 38.3 Å². The van der Waals surface area contributed by atoms with Crippen LogP contribution in [0.15, 0.2) is 24.3 Å². The molecule has 114 valence electrons. The van der Waals surface area contributed by atoms with E-state index in [4.69, 9.17) is 19.7 Å². The topological polar surface area (TPSA) is 99.4 Å². The maximum absolute atomic E-state index is 9.65. The Labute approximate surface area is 118 Å². The lowest BCUT2D eigenvalue weighted by molar-refractivity contribution is -0.124. The van der Waals surface area contributed by atoms with E-state index in [0.29, 0.717) is 5.75 Å². The quantitative estimate of drug-likeness (QED) is 0.548. The summed E-state index contributed by atoms with van der Waals surface area (Å²) in [4.78, 5) is 0. The Hall–Kier alpha value is -1.34. The highest BCUT2D eigenvalue weighted by Gasteiger charge is 2.23. The van der Waals surface area contributed by atoms with Gasteiger partial charge in [-0.3, -0.25) is 0 Å². The second-order valence-corrected chi connectivity index (χ2v) is 4.68. The molecular formula is C14H22O6. The van der Waals surface area contributed by atoms with Crippen molar-refractivity contribution in [1.29, 1.82) is 0 Å². The Kier molecular flexibility index (Phi) is 6.74. The maximum Gasteiger partial charge on any atom is 0.119 e. The van der Waals surface area contributed by atoms with Gasteiger partial charge in [0.05, 0.1) is 18.8 Å². The number of phenolic OH excluding ortho intramolecular Hbond substituents is 1. The van der Waals surface area contributed by atoms with Gasteiger partial charge in [0.25, 0.3) is 0 Å². The van der Waals surface area contributed by atoms with Crippen LogP contribution in [-0.2, 0) is 4.74 Å². The summed E-state index contributed by atoms with van der Waals surface area (Å²) in [7, 11) is 0. The minimum absolute atomic E-state index is 0.0882. The summed E-state index contributed by atoms with van der Waals surface area (Å²) in [6, 6.07) is 6.18. The minimum atomic E-state index is -1.01. The fourth-order valence-electron chi connectivity index (χ4n) is 1.53. The van der Waals surface area contributed by atoms with Crippen LogP contribution in [-0.4, -0.2) is 58.1 Å². The molecule has 0 radical (unpaired) electrons. The monoisotopic (exact) mass is 286 g/mol. The first-order chi connectivity index (χ1) is 9.43. The van der Waals surface area contributed by atoms with Crippen LogP contribution in [0.2, 0.25) is 0 Å². The maximum atomic E-state index is 9.65. The molecule has 4 unspecified atom stereocenters. The molecule has 4 atom stereocenters. The molecule has 0 bridgehead atoms. The highest BCUT2D eigenvalue weighted by Crippen LogP contribution is 2.17. The van der Waals surface area contributed by atoms with E-state index < -0.39 is 31.0 Å². The molecule has 0 saturated carbocycles. The average molecular weight is 286 g/mol. The first kappa shape index (κ1) is 16.7. The van der Waals surface area contributed by atoms with Crippen molar-refractivity contribution < 1.29 is 29.9 Å². The van der Waals surface area contributed by atoms with E-state index >= 15 is 0 Å². The lowest BCUT2D eigenvalue weighted by atomic mass is 10.2. The van der Waals surface area contributed by atoms with Gasteiger partial charge in [-0.2, -0.15) is 0 Å². The van der Waals surface area contributed by atoms with Crippen LogP contribution in [0.4, 0.5) is 0 Å². The minimum Gasteiger partial charge on any atom is -0.508 e. The largest absolute Gasteiger partial charge is 0.508 e. The molecule has 1 rings (SSSR count). The van der Waals surface area contributed by atoms with E-state index in [1.807, 2.05) is 0 Å². The third-order valence-corrected chi connectivity index (χ3v) is 2.91. The van der Waals surface area contributed by atoms with E-state index in [-0.39, 0.29) is 12.4 Å². The van der Waals surface area contributed by atoms with Crippen LogP contribution < -0.4 is 4.74 Å². The summed E-state index contributed by atoms with van der Waals surface area (Å²) in [5.41, 5.74) is 0. The second kappa shape index (κ2) is 8.06. The molecule has 1 aromatic rings. The Morgan fingerprint density at radius 2 is 1.70 bits per heavy atom. The van der Waals surface area contributed by atoms with Gasteiger partial charge in [-0.05, 0) is 38.1 Å². The summed E-state index contributed by atoms with van der Waals surface area (Å²) in [5, 5.41) is 37.1. The fourth-order valence-corrected chi connectivity index (χ4v) is 1.53. The Balaban J connectivity index is 2.52. The summed E-state index contributed by atoms with van der Waals surface area (Å²) >= 11 is 0. The van der Waals surface area contributed by atoms with E-state index in [0.717, 1.165) is 0 Å². The predicted molar refractivity (Wildman–Crippen MR) is 72.7 cm³/mol. The Morgan fingerprint density at radius 3 is 2.20 bits per heavy atom. The molecule has 1 aromatic carbocycles. The van der Waals surface area contributed by atoms with Crippen molar-refractivity contribution in [2.75, 3.05) is 13.2 Å². The van der Waals surface area contributed by atoms with Crippen molar-refractivity contribution in [3.8, 4) is 11.5 Å². The SMILES string of the molecule is CC(O)C(COc1ccc(O)cc1)OC(C)C(O)CO. The van der Waals surface area contributed by atoms with E-state index in [9.17, 15) is 10.2 Å². The highest BCUT2D eigenvalue weighted by atomic mass is 16.6. The second-order valence-electron chi connectivity index (χ2n) is 4.68. The van der Waals surface area contributed by atoms with E-state index in [2.05, 4.69) is 0 Å². The number of benzene rings is 1. The van der Waals surface area contributed by atoms with Gasteiger partial charge in [0.15, 0.2) is 0 Å². The lowest BCUT2D eigenvalue weighted by Crippen LogP contribution is -2.40. The standard InChI is InChI=1S/C14H22O6/c1-9(16)14(20-10(2)13(18)7-15)8-19-12-5-3-11(17)4-6-12/h3-6,9-10,13-18H,7-8H2,1-2H3. The molecule has 0 heterocycles. The van der Waals surface area contributed by atoms with Crippen molar-refractivity contribution >= 4 is 0 Å². The molecule has 4 N–H and O–H groups in total. The third-order valence-electron chi connectivity index (χ3n) is 2.91. The molecule has 6 nitrogen and oxygen atoms in total. The summed E-state index contributed by atoms with van der Waals surface area (Å²) in [5.74, 6) is 0.674. The number of aromatic hydroxyl groups is 1. The van der Waals surface area contributed by atoms with Crippen LogP contribution in [0.1, 0.15) is 13.8 Å². The molecular weight excluding hydrogens is 264 g/mol. The number of rotatable bonds is 8. The zero-order valence-corrected chi connectivity index (χ0v) is 11.6. The van der Waals surface area contributed by atoms with Crippen LogP contribution >= 0.6 is 0 Å². The Morgan fingerprint density at radius 1 is 1.10 bits per heavy atom. The van der Waals surface area contributed by atoms with Crippen molar-refractivity contribution in [3.05, 3.63) is 24.3 Å².